The molecule has 1 atom stereocenters. The Morgan fingerprint density at radius 2 is 1.77 bits per heavy atom. The van der Waals surface area contributed by atoms with E-state index in [4.69, 9.17) is 16.0 Å². The van der Waals surface area contributed by atoms with Crippen molar-refractivity contribution in [3.63, 3.8) is 0 Å². The Bertz CT molecular complexity index is 884. The Kier molecular flexibility index (Phi) is 8.22. The van der Waals surface area contributed by atoms with Crippen LogP contribution in [0.1, 0.15) is 27.7 Å². The smallest absolute Gasteiger partial charge is 0.238 e. The lowest BCUT2D eigenvalue weighted by molar-refractivity contribution is -0.115. The van der Waals surface area contributed by atoms with E-state index in [1.54, 1.807) is 36.4 Å². The zero-order valence-electron chi connectivity index (χ0n) is 18.6. The zero-order valence-corrected chi connectivity index (χ0v) is 20.4. The highest BCUT2D eigenvalue weighted by Gasteiger charge is 2.37. The van der Waals surface area contributed by atoms with Gasteiger partial charge in [-0.05, 0) is 37.2 Å². The van der Waals surface area contributed by atoms with Crippen molar-refractivity contribution in [1.82, 2.24) is 5.32 Å². The molecule has 0 bridgehead atoms. The van der Waals surface area contributed by atoms with Crippen molar-refractivity contribution in [3.8, 4) is 11.1 Å². The van der Waals surface area contributed by atoms with Crippen LogP contribution in [0.2, 0.25) is 23.2 Å². The van der Waals surface area contributed by atoms with Crippen LogP contribution in [0.15, 0.2) is 42.5 Å². The highest BCUT2D eigenvalue weighted by molar-refractivity contribution is 6.74. The first kappa shape index (κ1) is 24.5. The maximum Gasteiger partial charge on any atom is 0.238 e. The van der Waals surface area contributed by atoms with Crippen molar-refractivity contribution in [2.45, 2.75) is 51.9 Å². The van der Waals surface area contributed by atoms with E-state index in [2.05, 4.69) is 44.5 Å². The number of nitrogens with one attached hydrogen (secondary N) is 2. The molecule has 2 N–H and O–H groups in total. The SMILES string of the molecule is C[C@H](CO[Si](C)(C)C(C)(C)C)NCC(=O)Nc1cccc(-c2ccccc2Cl)c1F. The number of hydrogen-bond acceptors (Lipinski definition) is 3. The normalized spacial score (nSPS) is 13.2. The van der Waals surface area contributed by atoms with Crippen LogP contribution in [0.25, 0.3) is 11.1 Å². The highest BCUT2D eigenvalue weighted by Crippen LogP contribution is 2.36. The Morgan fingerprint density at radius 1 is 1.13 bits per heavy atom. The van der Waals surface area contributed by atoms with Gasteiger partial charge in [0.05, 0.1) is 12.2 Å². The predicted molar refractivity (Wildman–Crippen MR) is 126 cm³/mol. The van der Waals surface area contributed by atoms with Crippen LogP contribution in [0.4, 0.5) is 10.1 Å². The molecular formula is C23H32ClFN2O2Si. The number of carbonyl (C=O) groups is 1. The molecule has 1 amide bonds. The second kappa shape index (κ2) is 10.0. The van der Waals surface area contributed by atoms with E-state index >= 15 is 0 Å². The van der Waals surface area contributed by atoms with Crippen molar-refractivity contribution in [2.24, 2.45) is 0 Å². The fraction of sp³-hybridized carbons (Fsp3) is 0.435. The van der Waals surface area contributed by atoms with Gasteiger partial charge in [-0.3, -0.25) is 4.79 Å². The van der Waals surface area contributed by atoms with Crippen molar-refractivity contribution >= 4 is 31.5 Å². The largest absolute Gasteiger partial charge is 0.415 e. The summed E-state index contributed by atoms with van der Waals surface area (Å²) in [5.41, 5.74) is 1.06. The quantitative estimate of drug-likeness (QED) is 0.479. The summed E-state index contributed by atoms with van der Waals surface area (Å²) in [4.78, 5) is 12.3. The molecule has 0 aromatic heterocycles. The highest BCUT2D eigenvalue weighted by atomic mass is 35.5. The topological polar surface area (TPSA) is 50.4 Å². The Hall–Kier alpha value is -1.73. The van der Waals surface area contributed by atoms with Crippen molar-refractivity contribution in [2.75, 3.05) is 18.5 Å². The maximum atomic E-state index is 15.0. The van der Waals surface area contributed by atoms with E-state index in [0.29, 0.717) is 22.8 Å². The first-order valence-corrected chi connectivity index (χ1v) is 13.4. The van der Waals surface area contributed by atoms with Gasteiger partial charge in [-0.2, -0.15) is 0 Å². The van der Waals surface area contributed by atoms with Crippen molar-refractivity contribution < 1.29 is 13.6 Å². The Morgan fingerprint density at radius 3 is 2.40 bits per heavy atom. The zero-order chi connectivity index (χ0) is 22.5. The molecule has 7 heteroatoms. The van der Waals surface area contributed by atoms with Gasteiger partial charge in [0.15, 0.2) is 14.1 Å². The predicted octanol–water partition coefficient (Wildman–Crippen LogP) is 6.08. The van der Waals surface area contributed by atoms with Gasteiger partial charge < -0.3 is 15.1 Å². The molecule has 0 fully saturated rings. The van der Waals surface area contributed by atoms with E-state index in [1.807, 2.05) is 6.92 Å². The summed E-state index contributed by atoms with van der Waals surface area (Å²) in [6, 6.07) is 11.9. The van der Waals surface area contributed by atoms with Crippen LogP contribution in [-0.2, 0) is 9.22 Å². The molecule has 164 valence electrons. The van der Waals surface area contributed by atoms with Gasteiger partial charge in [-0.1, -0.05) is 62.7 Å². The molecule has 2 rings (SSSR count). The van der Waals surface area contributed by atoms with Gasteiger partial charge in [-0.25, -0.2) is 4.39 Å². The van der Waals surface area contributed by atoms with Crippen LogP contribution in [0, 0.1) is 5.82 Å². The molecule has 0 aliphatic carbocycles. The summed E-state index contributed by atoms with van der Waals surface area (Å²) < 4.78 is 21.1. The summed E-state index contributed by atoms with van der Waals surface area (Å²) in [6.45, 7) is 13.5. The summed E-state index contributed by atoms with van der Waals surface area (Å²) in [7, 11) is -1.84. The lowest BCUT2D eigenvalue weighted by Crippen LogP contribution is -2.45. The van der Waals surface area contributed by atoms with E-state index in [-0.39, 0.29) is 29.2 Å². The summed E-state index contributed by atoms with van der Waals surface area (Å²) in [6.07, 6.45) is 0. The molecule has 4 nitrogen and oxygen atoms in total. The summed E-state index contributed by atoms with van der Waals surface area (Å²) >= 11 is 6.19. The van der Waals surface area contributed by atoms with Gasteiger partial charge in [0, 0.05) is 28.8 Å². The third kappa shape index (κ3) is 6.38. The first-order valence-electron chi connectivity index (χ1n) is 10.1. The minimum Gasteiger partial charge on any atom is -0.415 e. The number of carbonyl (C=O) groups excluding carboxylic acids is 1. The van der Waals surface area contributed by atoms with Crippen LogP contribution in [-0.4, -0.2) is 33.4 Å². The third-order valence-corrected chi connectivity index (χ3v) is 10.4. The Labute approximate surface area is 185 Å². The van der Waals surface area contributed by atoms with Gasteiger partial charge in [0.1, 0.15) is 0 Å². The second-order valence-corrected chi connectivity index (χ2v) is 14.3. The number of benzene rings is 2. The average Bonchev–Trinajstić information content (AvgIpc) is 2.66. The van der Waals surface area contributed by atoms with Crippen LogP contribution in [0.3, 0.4) is 0 Å². The fourth-order valence-electron chi connectivity index (χ4n) is 2.59. The molecule has 0 unspecified atom stereocenters. The average molecular weight is 451 g/mol. The number of hydrogen-bond donors (Lipinski definition) is 2. The molecular weight excluding hydrogens is 419 g/mol. The molecule has 0 aliphatic rings. The molecule has 0 radical (unpaired) electrons. The first-order chi connectivity index (χ1) is 13.9. The molecule has 0 spiro atoms. The van der Waals surface area contributed by atoms with E-state index in [1.165, 1.54) is 6.07 Å². The Balaban J connectivity index is 1.94. The molecule has 0 aliphatic heterocycles. The van der Waals surface area contributed by atoms with Crippen molar-refractivity contribution in [1.29, 1.82) is 0 Å². The van der Waals surface area contributed by atoms with Crippen molar-refractivity contribution in [3.05, 3.63) is 53.3 Å². The van der Waals surface area contributed by atoms with Gasteiger partial charge in [-0.15, -0.1) is 0 Å². The molecule has 2 aromatic carbocycles. The van der Waals surface area contributed by atoms with Gasteiger partial charge >= 0.3 is 0 Å². The minimum absolute atomic E-state index is 0.00387. The lowest BCUT2D eigenvalue weighted by Gasteiger charge is -2.37. The summed E-state index contributed by atoms with van der Waals surface area (Å²) in [5, 5.41) is 6.37. The molecule has 0 heterocycles. The van der Waals surface area contributed by atoms with E-state index < -0.39 is 14.1 Å². The monoisotopic (exact) mass is 450 g/mol. The standard InChI is InChI=1S/C23H32ClFN2O2Si/c1-16(15-29-30(5,6)23(2,3)4)26-14-21(28)27-20-13-9-11-18(22(20)25)17-10-7-8-12-19(17)24/h7-13,16,26H,14-15H2,1-6H3,(H,27,28)/t16-/m1/s1. The number of halogens is 2. The second-order valence-electron chi connectivity index (χ2n) is 9.05. The van der Waals surface area contributed by atoms with E-state index in [9.17, 15) is 9.18 Å². The molecule has 2 aromatic rings. The number of rotatable bonds is 8. The van der Waals surface area contributed by atoms with Gasteiger partial charge in [0.2, 0.25) is 5.91 Å². The van der Waals surface area contributed by atoms with Crippen LogP contribution < -0.4 is 10.6 Å². The number of amides is 1. The third-order valence-electron chi connectivity index (χ3n) is 5.55. The van der Waals surface area contributed by atoms with Crippen LogP contribution >= 0.6 is 11.6 Å². The fourth-order valence-corrected chi connectivity index (χ4v) is 3.92. The lowest BCUT2D eigenvalue weighted by atomic mass is 10.0. The molecule has 30 heavy (non-hydrogen) atoms. The molecule has 0 saturated carbocycles. The van der Waals surface area contributed by atoms with Gasteiger partial charge in [0.25, 0.3) is 0 Å². The van der Waals surface area contributed by atoms with E-state index in [0.717, 1.165) is 0 Å². The number of anilines is 1. The maximum absolute atomic E-state index is 15.0. The van der Waals surface area contributed by atoms with Crippen LogP contribution in [0.5, 0.6) is 0 Å². The minimum atomic E-state index is -1.84. The summed E-state index contributed by atoms with van der Waals surface area (Å²) in [5.74, 6) is -0.822. The molecule has 0 saturated heterocycles.